The lowest BCUT2D eigenvalue weighted by atomic mass is 9.82. The minimum atomic E-state index is -1.14. The Kier molecular flexibility index (Phi) is 14.4. The molecule has 1 aromatic rings. The maximum atomic E-state index is 13.7. The number of aliphatic hydroxyl groups is 2. The highest BCUT2D eigenvalue weighted by molar-refractivity contribution is 5.91. The van der Waals surface area contributed by atoms with Crippen molar-refractivity contribution in [3.63, 3.8) is 0 Å². The maximum Gasteiger partial charge on any atom is 0.407 e. The van der Waals surface area contributed by atoms with E-state index in [1.54, 1.807) is 13.1 Å². The van der Waals surface area contributed by atoms with E-state index in [9.17, 15) is 24.6 Å². The van der Waals surface area contributed by atoms with Crippen molar-refractivity contribution < 1.29 is 29.3 Å². The van der Waals surface area contributed by atoms with E-state index in [0.29, 0.717) is 30.9 Å². The summed E-state index contributed by atoms with van der Waals surface area (Å²) >= 11 is 0. The van der Waals surface area contributed by atoms with Crippen LogP contribution in [0.1, 0.15) is 91.7 Å². The summed E-state index contributed by atoms with van der Waals surface area (Å²) in [5.41, 5.74) is 0.642. The number of carbonyl (C=O) groups excluding carboxylic acids is 3. The van der Waals surface area contributed by atoms with Crippen LogP contribution in [0.4, 0.5) is 4.79 Å². The molecule has 2 rings (SSSR count). The van der Waals surface area contributed by atoms with E-state index >= 15 is 0 Å². The SMILES string of the molecule is CCOC(=O)N[C@@H](CC(C)C)C(=O)N[C@@H](Cc1cnc[nH]1)C(=O)N[C@@H](CC1CCCCC1)[C@@H](O)[C@@H](O)CC(C)C. The molecule has 40 heavy (non-hydrogen) atoms. The minimum absolute atomic E-state index is 0.0926. The first kappa shape index (κ1) is 33.5. The summed E-state index contributed by atoms with van der Waals surface area (Å²) in [6, 6.07) is -2.57. The molecule has 0 spiro atoms. The summed E-state index contributed by atoms with van der Waals surface area (Å²) in [6.07, 6.45) is 7.12. The average Bonchev–Trinajstić information content (AvgIpc) is 3.40. The first-order chi connectivity index (χ1) is 19.0. The van der Waals surface area contributed by atoms with Gasteiger partial charge >= 0.3 is 6.09 Å². The van der Waals surface area contributed by atoms with Crippen LogP contribution in [0.25, 0.3) is 0 Å². The van der Waals surface area contributed by atoms with Gasteiger partial charge in [-0.25, -0.2) is 9.78 Å². The van der Waals surface area contributed by atoms with Crippen molar-refractivity contribution in [2.45, 2.75) is 123 Å². The molecule has 0 unspecified atom stereocenters. The van der Waals surface area contributed by atoms with E-state index in [1.807, 2.05) is 27.7 Å². The van der Waals surface area contributed by atoms with Crippen LogP contribution >= 0.6 is 0 Å². The van der Waals surface area contributed by atoms with Crippen LogP contribution in [0.5, 0.6) is 0 Å². The van der Waals surface area contributed by atoms with Gasteiger partial charge in [0.25, 0.3) is 0 Å². The Bertz CT molecular complexity index is 887. The van der Waals surface area contributed by atoms with E-state index in [2.05, 4.69) is 25.9 Å². The van der Waals surface area contributed by atoms with Gasteiger partial charge in [-0.05, 0) is 43.9 Å². The molecule has 5 atom stereocenters. The van der Waals surface area contributed by atoms with Gasteiger partial charge < -0.3 is 35.9 Å². The summed E-state index contributed by atoms with van der Waals surface area (Å²) in [6.45, 7) is 9.65. The molecule has 11 nitrogen and oxygen atoms in total. The van der Waals surface area contributed by atoms with Crippen molar-refractivity contribution in [3.8, 4) is 0 Å². The second kappa shape index (κ2) is 17.2. The van der Waals surface area contributed by atoms with Crippen molar-refractivity contribution in [2.24, 2.45) is 17.8 Å². The number of hydrogen-bond donors (Lipinski definition) is 6. The van der Waals surface area contributed by atoms with Gasteiger partial charge in [0.2, 0.25) is 11.8 Å². The maximum absolute atomic E-state index is 13.7. The molecule has 1 aliphatic carbocycles. The summed E-state index contributed by atoms with van der Waals surface area (Å²) in [7, 11) is 0. The Morgan fingerprint density at radius 2 is 1.62 bits per heavy atom. The Hall–Kier alpha value is -2.66. The third kappa shape index (κ3) is 11.8. The van der Waals surface area contributed by atoms with Crippen LogP contribution in [0.3, 0.4) is 0 Å². The zero-order valence-corrected chi connectivity index (χ0v) is 24.8. The summed E-state index contributed by atoms with van der Waals surface area (Å²) in [4.78, 5) is 46.2. The van der Waals surface area contributed by atoms with Crippen LogP contribution < -0.4 is 16.0 Å². The van der Waals surface area contributed by atoms with Crippen LogP contribution in [0.15, 0.2) is 12.5 Å². The third-order valence-corrected chi connectivity index (χ3v) is 7.36. The topological polar surface area (TPSA) is 166 Å². The molecule has 1 aromatic heterocycles. The number of nitrogens with one attached hydrogen (secondary N) is 4. The van der Waals surface area contributed by atoms with E-state index in [0.717, 1.165) is 25.7 Å². The van der Waals surface area contributed by atoms with Crippen molar-refractivity contribution in [2.75, 3.05) is 6.61 Å². The number of aromatic amines is 1. The molecule has 1 heterocycles. The fourth-order valence-electron chi connectivity index (χ4n) is 5.36. The van der Waals surface area contributed by atoms with Gasteiger partial charge in [0, 0.05) is 18.3 Å². The number of carbonyl (C=O) groups is 3. The molecule has 11 heteroatoms. The number of imidazole rings is 1. The minimum Gasteiger partial charge on any atom is -0.450 e. The second-order valence-corrected chi connectivity index (χ2v) is 11.9. The molecular weight excluding hydrogens is 514 g/mol. The summed E-state index contributed by atoms with van der Waals surface area (Å²) < 4.78 is 4.97. The Labute approximate surface area is 238 Å². The number of amides is 3. The van der Waals surface area contributed by atoms with Gasteiger partial charge in [-0.1, -0.05) is 59.8 Å². The average molecular weight is 566 g/mol. The standard InChI is InChI=1S/C29H51N5O6/c1-6-40-29(39)34-23(12-18(2)3)27(37)33-24(15-21-16-30-17-31-21)28(38)32-22(14-20-10-8-7-9-11-20)26(36)25(35)13-19(4)5/h16-20,22-26,35-36H,6-15H2,1-5H3,(H,30,31)(H,32,38)(H,33,37)(H,34,39)/t22-,23-,24-,25-,26+/m0/s1. The fourth-order valence-corrected chi connectivity index (χ4v) is 5.36. The molecule has 1 saturated carbocycles. The lowest BCUT2D eigenvalue weighted by molar-refractivity contribution is -0.131. The molecular formula is C29H51N5O6. The van der Waals surface area contributed by atoms with Gasteiger partial charge in [0.05, 0.1) is 25.1 Å². The summed E-state index contributed by atoms with van der Waals surface area (Å²) in [5.74, 6) is -0.377. The van der Waals surface area contributed by atoms with Crippen LogP contribution in [-0.2, 0) is 20.7 Å². The number of alkyl carbamates (subject to hydrolysis) is 1. The fraction of sp³-hybridized carbons (Fsp3) is 0.793. The summed E-state index contributed by atoms with van der Waals surface area (Å²) in [5, 5.41) is 30.2. The monoisotopic (exact) mass is 565 g/mol. The molecule has 1 aliphatic rings. The van der Waals surface area contributed by atoms with E-state index in [1.165, 1.54) is 12.7 Å². The van der Waals surface area contributed by atoms with Gasteiger partial charge in [-0.2, -0.15) is 0 Å². The first-order valence-electron chi connectivity index (χ1n) is 14.9. The predicted molar refractivity (Wildman–Crippen MR) is 152 cm³/mol. The number of aliphatic hydroxyl groups excluding tert-OH is 2. The molecule has 0 radical (unpaired) electrons. The second-order valence-electron chi connectivity index (χ2n) is 11.9. The highest BCUT2D eigenvalue weighted by Gasteiger charge is 2.34. The highest BCUT2D eigenvalue weighted by atomic mass is 16.5. The third-order valence-electron chi connectivity index (χ3n) is 7.36. The Balaban J connectivity index is 2.24. The number of aromatic nitrogens is 2. The number of nitrogens with zero attached hydrogens (tertiary/aromatic N) is 1. The van der Waals surface area contributed by atoms with Gasteiger partial charge in [-0.3, -0.25) is 9.59 Å². The van der Waals surface area contributed by atoms with Crippen molar-refractivity contribution in [3.05, 3.63) is 18.2 Å². The number of ether oxygens (including phenoxy) is 1. The molecule has 0 aliphatic heterocycles. The predicted octanol–water partition coefficient (Wildman–Crippen LogP) is 2.82. The molecule has 3 amide bonds. The zero-order valence-electron chi connectivity index (χ0n) is 24.8. The van der Waals surface area contributed by atoms with Crippen molar-refractivity contribution in [1.82, 2.24) is 25.9 Å². The molecule has 0 saturated heterocycles. The number of hydrogen-bond acceptors (Lipinski definition) is 7. The molecule has 228 valence electrons. The molecule has 1 fully saturated rings. The zero-order chi connectivity index (χ0) is 29.7. The normalized spacial score (nSPS) is 18.0. The Morgan fingerprint density at radius 1 is 0.975 bits per heavy atom. The highest BCUT2D eigenvalue weighted by Crippen LogP contribution is 2.29. The molecule has 0 bridgehead atoms. The largest absolute Gasteiger partial charge is 0.450 e. The first-order valence-corrected chi connectivity index (χ1v) is 14.9. The lowest BCUT2D eigenvalue weighted by Gasteiger charge is -2.34. The van der Waals surface area contributed by atoms with Crippen molar-refractivity contribution in [1.29, 1.82) is 0 Å². The van der Waals surface area contributed by atoms with Crippen LogP contribution in [0, 0.1) is 17.8 Å². The lowest BCUT2D eigenvalue weighted by Crippen LogP contribution is -2.58. The van der Waals surface area contributed by atoms with Gasteiger partial charge in [0.15, 0.2) is 0 Å². The Morgan fingerprint density at radius 3 is 2.20 bits per heavy atom. The van der Waals surface area contributed by atoms with E-state index in [-0.39, 0.29) is 24.9 Å². The smallest absolute Gasteiger partial charge is 0.407 e. The molecule has 6 N–H and O–H groups in total. The van der Waals surface area contributed by atoms with Gasteiger partial charge in [0.1, 0.15) is 18.2 Å². The number of H-pyrrole nitrogens is 1. The quantitative estimate of drug-likeness (QED) is 0.179. The van der Waals surface area contributed by atoms with Crippen molar-refractivity contribution >= 4 is 17.9 Å². The number of rotatable bonds is 16. The van der Waals surface area contributed by atoms with E-state index < -0.39 is 48.2 Å². The van der Waals surface area contributed by atoms with E-state index in [4.69, 9.17) is 4.74 Å². The van der Waals surface area contributed by atoms with Crippen LogP contribution in [0.2, 0.25) is 0 Å². The van der Waals surface area contributed by atoms with Crippen LogP contribution in [-0.4, -0.2) is 75.0 Å². The van der Waals surface area contributed by atoms with Gasteiger partial charge in [-0.15, -0.1) is 0 Å². The molecule has 0 aromatic carbocycles.